The second-order valence-corrected chi connectivity index (χ2v) is 5.22. The fraction of sp³-hybridized carbons (Fsp3) is 0.176. The Morgan fingerprint density at radius 3 is 2.14 bits per heavy atom. The summed E-state index contributed by atoms with van der Waals surface area (Å²) in [6, 6.07) is 14.7. The van der Waals surface area contributed by atoms with Gasteiger partial charge < -0.3 is 9.84 Å². The number of rotatable bonds is 7. The highest BCUT2D eigenvalue weighted by molar-refractivity contribution is 6.32. The number of carboxylic acids is 1. The van der Waals surface area contributed by atoms with E-state index in [2.05, 4.69) is 0 Å². The maximum atomic E-state index is 11.0. The summed E-state index contributed by atoms with van der Waals surface area (Å²) in [6.45, 7) is 0.439. The molecule has 0 aliphatic rings. The van der Waals surface area contributed by atoms with Gasteiger partial charge in [0.25, 0.3) is 0 Å². The molecule has 0 spiro atoms. The molecule has 0 amide bonds. The van der Waals surface area contributed by atoms with Crippen molar-refractivity contribution in [1.82, 2.24) is 0 Å². The van der Waals surface area contributed by atoms with Crippen LogP contribution in [0.5, 0.6) is 5.75 Å². The molecule has 0 aromatic heterocycles. The van der Waals surface area contributed by atoms with Crippen LogP contribution in [-0.2, 0) is 22.6 Å². The summed E-state index contributed by atoms with van der Waals surface area (Å²) in [5.41, 5.74) is 1.91. The Morgan fingerprint density at radius 1 is 0.955 bits per heavy atom. The van der Waals surface area contributed by atoms with E-state index in [-0.39, 0.29) is 6.42 Å². The Hall–Kier alpha value is -2.33. The van der Waals surface area contributed by atoms with Crippen LogP contribution in [0, 0.1) is 0 Å². The highest BCUT2D eigenvalue weighted by Gasteiger charge is 2.10. The first-order valence-corrected chi connectivity index (χ1v) is 7.14. The van der Waals surface area contributed by atoms with Crippen LogP contribution in [0.3, 0.4) is 0 Å². The summed E-state index contributed by atoms with van der Waals surface area (Å²) >= 11 is 5.82. The lowest BCUT2D eigenvalue weighted by Crippen LogP contribution is -2.12. The number of halogens is 1. The molecule has 0 saturated carbocycles. The summed E-state index contributed by atoms with van der Waals surface area (Å²) in [5, 5.41) is 9.21. The molecule has 0 heterocycles. The molecule has 0 radical (unpaired) electrons. The number of aryl methyl sites for hydroxylation is 1. The molecular weight excluding hydrogens is 304 g/mol. The number of ether oxygens (including phenoxy) is 1. The fourth-order valence-electron chi connectivity index (χ4n) is 1.86. The molecule has 0 saturated heterocycles. The van der Waals surface area contributed by atoms with Gasteiger partial charge in [-0.15, -0.1) is 0 Å². The van der Waals surface area contributed by atoms with Crippen LogP contribution < -0.4 is 4.74 Å². The van der Waals surface area contributed by atoms with Gasteiger partial charge in [-0.3, -0.25) is 4.79 Å². The standard InChI is InChI=1S/C17H15ClO4/c18-14-6-1-13(2-7-14)11-22-15-8-3-12(4-9-15)5-10-16(19)17(20)21/h1-4,6-9H,5,10-11H2,(H,20,21). The van der Waals surface area contributed by atoms with E-state index < -0.39 is 11.8 Å². The Morgan fingerprint density at radius 2 is 1.55 bits per heavy atom. The predicted molar refractivity (Wildman–Crippen MR) is 83.2 cm³/mol. The van der Waals surface area contributed by atoms with Crippen molar-refractivity contribution >= 4 is 23.4 Å². The molecule has 2 rings (SSSR count). The minimum absolute atomic E-state index is 0.000309. The van der Waals surface area contributed by atoms with Crippen molar-refractivity contribution in [3.05, 3.63) is 64.7 Å². The third-order valence-corrected chi connectivity index (χ3v) is 3.37. The molecule has 22 heavy (non-hydrogen) atoms. The molecule has 0 atom stereocenters. The zero-order valence-corrected chi connectivity index (χ0v) is 12.5. The number of aliphatic carboxylic acids is 1. The van der Waals surface area contributed by atoms with Crippen LogP contribution in [0.25, 0.3) is 0 Å². The van der Waals surface area contributed by atoms with E-state index in [4.69, 9.17) is 21.4 Å². The van der Waals surface area contributed by atoms with Gasteiger partial charge in [-0.25, -0.2) is 4.79 Å². The molecule has 5 heteroatoms. The van der Waals surface area contributed by atoms with E-state index in [0.717, 1.165) is 11.1 Å². The number of Topliss-reactive ketones (excluding diaryl/α,β-unsaturated/α-hetero) is 1. The average Bonchev–Trinajstić information content (AvgIpc) is 2.53. The molecule has 2 aromatic rings. The maximum Gasteiger partial charge on any atom is 0.372 e. The smallest absolute Gasteiger partial charge is 0.372 e. The minimum Gasteiger partial charge on any atom is -0.489 e. The first kappa shape index (κ1) is 16.0. The van der Waals surface area contributed by atoms with Crippen molar-refractivity contribution < 1.29 is 19.4 Å². The van der Waals surface area contributed by atoms with Gasteiger partial charge in [0.15, 0.2) is 0 Å². The van der Waals surface area contributed by atoms with E-state index >= 15 is 0 Å². The average molecular weight is 319 g/mol. The number of carbonyl (C=O) groups is 2. The molecule has 4 nitrogen and oxygen atoms in total. The molecule has 0 bridgehead atoms. The zero-order chi connectivity index (χ0) is 15.9. The largest absolute Gasteiger partial charge is 0.489 e. The summed E-state index contributed by atoms with van der Waals surface area (Å²) < 4.78 is 5.65. The monoisotopic (exact) mass is 318 g/mol. The highest BCUT2D eigenvalue weighted by Crippen LogP contribution is 2.16. The lowest BCUT2D eigenvalue weighted by molar-refractivity contribution is -0.149. The van der Waals surface area contributed by atoms with E-state index in [0.29, 0.717) is 23.8 Å². The molecule has 114 valence electrons. The van der Waals surface area contributed by atoms with Gasteiger partial charge in [0.05, 0.1) is 0 Å². The summed E-state index contributed by atoms with van der Waals surface area (Å²) in [5.74, 6) is -1.45. The first-order valence-electron chi connectivity index (χ1n) is 6.77. The van der Waals surface area contributed by atoms with Crippen LogP contribution in [0.15, 0.2) is 48.5 Å². The first-order chi connectivity index (χ1) is 10.5. The SMILES string of the molecule is O=C(O)C(=O)CCc1ccc(OCc2ccc(Cl)cc2)cc1. The molecular formula is C17H15ClO4. The third-order valence-electron chi connectivity index (χ3n) is 3.12. The molecule has 1 N–H and O–H groups in total. The third kappa shape index (κ3) is 4.90. The van der Waals surface area contributed by atoms with Gasteiger partial charge in [0.2, 0.25) is 5.78 Å². The number of hydrogen-bond acceptors (Lipinski definition) is 3. The second kappa shape index (κ2) is 7.61. The van der Waals surface area contributed by atoms with E-state index in [1.165, 1.54) is 0 Å². The molecule has 0 unspecified atom stereocenters. The molecule has 0 aliphatic carbocycles. The Labute approximate surface area is 133 Å². The summed E-state index contributed by atoms with van der Waals surface area (Å²) in [7, 11) is 0. The maximum absolute atomic E-state index is 11.0. The highest BCUT2D eigenvalue weighted by atomic mass is 35.5. The van der Waals surface area contributed by atoms with Gasteiger partial charge in [-0.1, -0.05) is 35.9 Å². The van der Waals surface area contributed by atoms with Crippen LogP contribution in [0.1, 0.15) is 17.5 Å². The Bertz CT molecular complexity index is 647. The Balaban J connectivity index is 1.85. The minimum atomic E-state index is -1.39. The van der Waals surface area contributed by atoms with E-state index in [1.54, 1.807) is 12.1 Å². The number of hydrogen-bond donors (Lipinski definition) is 1. The quantitative estimate of drug-likeness (QED) is 0.794. The Kier molecular flexibility index (Phi) is 5.55. The fourth-order valence-corrected chi connectivity index (χ4v) is 1.99. The number of ketones is 1. The number of carboxylic acid groups (broad SMARTS) is 1. The van der Waals surface area contributed by atoms with Gasteiger partial charge >= 0.3 is 5.97 Å². The van der Waals surface area contributed by atoms with Crippen molar-refractivity contribution in [3.63, 3.8) is 0 Å². The summed E-state index contributed by atoms with van der Waals surface area (Å²) in [4.78, 5) is 21.5. The van der Waals surface area contributed by atoms with Gasteiger partial charge in [-0.05, 0) is 41.8 Å². The van der Waals surface area contributed by atoms with Crippen molar-refractivity contribution in [2.45, 2.75) is 19.4 Å². The predicted octanol–water partition coefficient (Wildman–Crippen LogP) is 3.51. The number of carbonyl (C=O) groups excluding carboxylic acids is 1. The molecule has 0 fully saturated rings. The lowest BCUT2D eigenvalue weighted by atomic mass is 10.1. The molecule has 2 aromatic carbocycles. The van der Waals surface area contributed by atoms with Crippen LogP contribution in [-0.4, -0.2) is 16.9 Å². The van der Waals surface area contributed by atoms with E-state index in [1.807, 2.05) is 36.4 Å². The van der Waals surface area contributed by atoms with Crippen molar-refractivity contribution in [2.24, 2.45) is 0 Å². The van der Waals surface area contributed by atoms with Gasteiger partial charge in [-0.2, -0.15) is 0 Å². The van der Waals surface area contributed by atoms with Crippen LogP contribution >= 0.6 is 11.6 Å². The van der Waals surface area contributed by atoms with Crippen molar-refractivity contribution in [3.8, 4) is 5.75 Å². The second-order valence-electron chi connectivity index (χ2n) is 4.79. The van der Waals surface area contributed by atoms with Crippen molar-refractivity contribution in [1.29, 1.82) is 0 Å². The van der Waals surface area contributed by atoms with Crippen LogP contribution in [0.2, 0.25) is 5.02 Å². The van der Waals surface area contributed by atoms with Gasteiger partial charge in [0, 0.05) is 11.4 Å². The van der Waals surface area contributed by atoms with Crippen LogP contribution in [0.4, 0.5) is 0 Å². The molecule has 0 aliphatic heterocycles. The zero-order valence-electron chi connectivity index (χ0n) is 11.8. The normalized spacial score (nSPS) is 10.2. The topological polar surface area (TPSA) is 63.6 Å². The van der Waals surface area contributed by atoms with Gasteiger partial charge in [0.1, 0.15) is 12.4 Å². The summed E-state index contributed by atoms with van der Waals surface area (Å²) in [6.07, 6.45) is 0.406. The van der Waals surface area contributed by atoms with Crippen molar-refractivity contribution in [2.75, 3.05) is 0 Å². The lowest BCUT2D eigenvalue weighted by Gasteiger charge is -2.07. The van der Waals surface area contributed by atoms with E-state index in [9.17, 15) is 9.59 Å². The number of benzene rings is 2.